The normalized spacial score (nSPS) is 9.29. The summed E-state index contributed by atoms with van der Waals surface area (Å²) >= 11 is 0. The minimum atomic E-state index is 0.921. The molecule has 0 amide bonds. The first-order valence-corrected chi connectivity index (χ1v) is 2.30. The second-order valence-corrected chi connectivity index (χ2v) is 1.08. The molecule has 0 aliphatic rings. The molecule has 7 heavy (non-hydrogen) atoms. The van der Waals surface area contributed by atoms with Crippen LogP contribution in [0.15, 0.2) is 12.3 Å². The molecule has 0 bridgehead atoms. The second kappa shape index (κ2) is 5.21. The summed E-state index contributed by atoms with van der Waals surface area (Å²) in [6.45, 7) is 2.93. The summed E-state index contributed by atoms with van der Waals surface area (Å²) in [4.78, 5) is 0. The van der Waals surface area contributed by atoms with Crippen LogP contribution in [0, 0.1) is 5.41 Å². The van der Waals surface area contributed by atoms with Crippen LogP contribution >= 0.6 is 0 Å². The lowest BCUT2D eigenvalue weighted by molar-refractivity contribution is 0.921. The summed E-state index contributed by atoms with van der Waals surface area (Å²) in [6, 6.07) is 0. The summed E-state index contributed by atoms with van der Waals surface area (Å²) in [5, 5.41) is 9.45. The van der Waals surface area contributed by atoms with Gasteiger partial charge in [-0.3, -0.25) is 0 Å². The Bertz CT molecular complexity index is 66.5. The second-order valence-electron chi connectivity index (χ2n) is 1.08. The van der Waals surface area contributed by atoms with Crippen LogP contribution in [0.3, 0.4) is 0 Å². The quantitative estimate of drug-likeness (QED) is 0.502. The zero-order valence-electron chi connectivity index (χ0n) is 4.44. The molecule has 0 saturated carbocycles. The van der Waals surface area contributed by atoms with Crippen LogP contribution < -0.4 is 5.32 Å². The lowest BCUT2D eigenvalue weighted by atomic mass is 10.6. The first-order valence-electron chi connectivity index (χ1n) is 2.30. The van der Waals surface area contributed by atoms with Gasteiger partial charge in [0.1, 0.15) is 0 Å². The largest absolute Gasteiger partial charge is 0.391 e. The van der Waals surface area contributed by atoms with Gasteiger partial charge in [0.05, 0.1) is 0 Å². The number of hydrogen-bond donors (Lipinski definition) is 2. The SMILES string of the molecule is CCN/C=C\C=N. The third-order valence-corrected chi connectivity index (χ3v) is 0.514. The van der Waals surface area contributed by atoms with E-state index in [1.165, 1.54) is 6.21 Å². The first kappa shape index (κ1) is 6.21. The van der Waals surface area contributed by atoms with E-state index in [1.54, 1.807) is 12.3 Å². The first-order chi connectivity index (χ1) is 3.41. The smallest absolute Gasteiger partial charge is 0.0192 e. The van der Waals surface area contributed by atoms with Gasteiger partial charge in [-0.2, -0.15) is 0 Å². The van der Waals surface area contributed by atoms with E-state index >= 15 is 0 Å². The van der Waals surface area contributed by atoms with Gasteiger partial charge >= 0.3 is 0 Å². The Balaban J connectivity index is 2.92. The maximum atomic E-state index is 6.53. The van der Waals surface area contributed by atoms with E-state index in [0.29, 0.717) is 0 Å². The van der Waals surface area contributed by atoms with E-state index in [4.69, 9.17) is 5.41 Å². The van der Waals surface area contributed by atoms with Crippen molar-refractivity contribution in [1.29, 1.82) is 5.41 Å². The molecule has 2 nitrogen and oxygen atoms in total. The highest BCUT2D eigenvalue weighted by Gasteiger charge is 1.60. The third-order valence-electron chi connectivity index (χ3n) is 0.514. The molecule has 0 unspecified atom stereocenters. The number of allylic oxidation sites excluding steroid dienone is 1. The summed E-state index contributed by atoms with van der Waals surface area (Å²) in [7, 11) is 0. The Labute approximate surface area is 43.7 Å². The number of hydrogen-bond acceptors (Lipinski definition) is 2. The Morgan fingerprint density at radius 3 is 2.86 bits per heavy atom. The molecular weight excluding hydrogens is 88.1 g/mol. The molecule has 0 aliphatic heterocycles. The van der Waals surface area contributed by atoms with Crippen LogP contribution in [0.1, 0.15) is 6.92 Å². The lowest BCUT2D eigenvalue weighted by Crippen LogP contribution is -2.00. The van der Waals surface area contributed by atoms with Gasteiger partial charge in [-0.15, -0.1) is 0 Å². The highest BCUT2D eigenvalue weighted by molar-refractivity contribution is 5.67. The van der Waals surface area contributed by atoms with Crippen molar-refractivity contribution in [2.75, 3.05) is 6.54 Å². The minimum Gasteiger partial charge on any atom is -0.391 e. The lowest BCUT2D eigenvalue weighted by Gasteiger charge is -1.85. The van der Waals surface area contributed by atoms with Crippen molar-refractivity contribution in [1.82, 2.24) is 5.32 Å². The summed E-state index contributed by atoms with van der Waals surface area (Å²) in [5.74, 6) is 0. The van der Waals surface area contributed by atoms with Crippen molar-refractivity contribution in [2.45, 2.75) is 6.92 Å². The summed E-state index contributed by atoms with van der Waals surface area (Å²) < 4.78 is 0. The molecule has 0 fully saturated rings. The highest BCUT2D eigenvalue weighted by Crippen LogP contribution is 1.57. The standard InChI is InChI=1S/C5H10N2/c1-2-7-5-3-4-6/h3-7H,2H2,1H3/b5-3-,6-4?. The zero-order valence-corrected chi connectivity index (χ0v) is 4.44. The van der Waals surface area contributed by atoms with Crippen LogP contribution in [0.25, 0.3) is 0 Å². The third kappa shape index (κ3) is 5.21. The number of nitrogens with one attached hydrogen (secondary N) is 2. The van der Waals surface area contributed by atoms with Crippen LogP contribution in [-0.4, -0.2) is 12.8 Å². The van der Waals surface area contributed by atoms with Crippen LogP contribution in [-0.2, 0) is 0 Å². The van der Waals surface area contributed by atoms with Crippen molar-refractivity contribution >= 4 is 6.21 Å². The molecule has 2 heteroatoms. The molecule has 0 aromatic heterocycles. The van der Waals surface area contributed by atoms with Crippen molar-refractivity contribution in [2.24, 2.45) is 0 Å². The molecule has 0 aromatic rings. The molecule has 0 spiro atoms. The minimum absolute atomic E-state index is 0.921. The maximum Gasteiger partial charge on any atom is 0.0192 e. The topological polar surface area (TPSA) is 35.9 Å². The molecule has 0 aromatic carbocycles. The number of rotatable bonds is 3. The fourth-order valence-electron chi connectivity index (χ4n) is 0.234. The van der Waals surface area contributed by atoms with Crippen LogP contribution in [0.4, 0.5) is 0 Å². The van der Waals surface area contributed by atoms with E-state index in [-0.39, 0.29) is 0 Å². The molecule has 0 rings (SSSR count). The Morgan fingerprint density at radius 2 is 2.43 bits per heavy atom. The van der Waals surface area contributed by atoms with Crippen molar-refractivity contribution in [3.63, 3.8) is 0 Å². The van der Waals surface area contributed by atoms with E-state index in [2.05, 4.69) is 5.32 Å². The van der Waals surface area contributed by atoms with Crippen molar-refractivity contribution in [3.8, 4) is 0 Å². The molecule has 0 heterocycles. The van der Waals surface area contributed by atoms with Gasteiger partial charge in [-0.05, 0) is 19.2 Å². The summed E-state index contributed by atoms with van der Waals surface area (Å²) in [6.07, 6.45) is 4.62. The van der Waals surface area contributed by atoms with E-state index in [9.17, 15) is 0 Å². The van der Waals surface area contributed by atoms with Gasteiger partial charge in [0.25, 0.3) is 0 Å². The van der Waals surface area contributed by atoms with Crippen LogP contribution in [0.2, 0.25) is 0 Å². The van der Waals surface area contributed by atoms with Crippen molar-refractivity contribution in [3.05, 3.63) is 12.3 Å². The predicted molar refractivity (Wildman–Crippen MR) is 31.6 cm³/mol. The highest BCUT2D eigenvalue weighted by atomic mass is 14.8. The van der Waals surface area contributed by atoms with Gasteiger partial charge in [0, 0.05) is 12.8 Å². The van der Waals surface area contributed by atoms with Crippen LogP contribution in [0.5, 0.6) is 0 Å². The molecular formula is C5H10N2. The fourth-order valence-corrected chi connectivity index (χ4v) is 0.234. The van der Waals surface area contributed by atoms with E-state index in [1.807, 2.05) is 6.92 Å². The predicted octanol–water partition coefficient (Wildman–Crippen LogP) is 0.759. The molecule has 2 N–H and O–H groups in total. The fraction of sp³-hybridized carbons (Fsp3) is 0.400. The maximum absolute atomic E-state index is 6.53. The average molecular weight is 98.1 g/mol. The Morgan fingerprint density at radius 1 is 1.71 bits per heavy atom. The van der Waals surface area contributed by atoms with Gasteiger partial charge < -0.3 is 10.7 Å². The van der Waals surface area contributed by atoms with Crippen molar-refractivity contribution < 1.29 is 0 Å². The molecule has 0 saturated heterocycles. The van der Waals surface area contributed by atoms with Gasteiger partial charge in [0.2, 0.25) is 0 Å². The summed E-state index contributed by atoms with van der Waals surface area (Å²) in [5.41, 5.74) is 0. The molecule has 0 atom stereocenters. The zero-order chi connectivity index (χ0) is 5.54. The van der Waals surface area contributed by atoms with Gasteiger partial charge in [-0.1, -0.05) is 0 Å². The van der Waals surface area contributed by atoms with E-state index < -0.39 is 0 Å². The Kier molecular flexibility index (Phi) is 4.62. The molecule has 0 radical (unpaired) electrons. The van der Waals surface area contributed by atoms with Gasteiger partial charge in [0.15, 0.2) is 0 Å². The molecule has 40 valence electrons. The monoisotopic (exact) mass is 98.1 g/mol. The van der Waals surface area contributed by atoms with Gasteiger partial charge in [-0.25, -0.2) is 0 Å². The average Bonchev–Trinajstić information content (AvgIpc) is 1.69. The Hall–Kier alpha value is -0.790. The molecule has 0 aliphatic carbocycles. The van der Waals surface area contributed by atoms with E-state index in [0.717, 1.165) is 6.54 Å².